The predicted octanol–water partition coefficient (Wildman–Crippen LogP) is 3.84. The van der Waals surface area contributed by atoms with E-state index in [4.69, 9.17) is 9.47 Å². The molecule has 0 bridgehead atoms. The van der Waals surface area contributed by atoms with Crippen molar-refractivity contribution in [2.45, 2.75) is 20.0 Å². The predicted molar refractivity (Wildman–Crippen MR) is 73.1 cm³/mol. The fraction of sp³-hybridized carbons (Fsp3) is 0.250. The van der Waals surface area contributed by atoms with Gasteiger partial charge < -0.3 is 9.47 Å². The number of para-hydroxylation sites is 2. The highest BCUT2D eigenvalue weighted by atomic mass is 16.5. The van der Waals surface area contributed by atoms with Crippen molar-refractivity contribution in [3.05, 3.63) is 59.7 Å². The average molecular weight is 242 g/mol. The molecule has 0 aromatic heterocycles. The molecule has 0 radical (unpaired) electrons. The molecule has 0 atom stereocenters. The van der Waals surface area contributed by atoms with E-state index < -0.39 is 0 Å². The van der Waals surface area contributed by atoms with Crippen LogP contribution < -0.4 is 9.47 Å². The number of methoxy groups -OCH3 is 1. The Morgan fingerprint density at radius 1 is 0.833 bits per heavy atom. The number of hydrogen-bond acceptors (Lipinski definition) is 2. The molecule has 0 amide bonds. The number of rotatable bonds is 5. The zero-order valence-electron chi connectivity index (χ0n) is 10.8. The highest BCUT2D eigenvalue weighted by molar-refractivity contribution is 5.39. The molecular weight excluding hydrogens is 224 g/mol. The first-order valence-electron chi connectivity index (χ1n) is 6.17. The summed E-state index contributed by atoms with van der Waals surface area (Å²) in [6.07, 6.45) is 1.02. The average Bonchev–Trinajstić information content (AvgIpc) is 2.45. The van der Waals surface area contributed by atoms with E-state index in [1.807, 2.05) is 30.3 Å². The Hall–Kier alpha value is -1.96. The highest BCUT2D eigenvalue weighted by Gasteiger charge is 2.04. The first-order chi connectivity index (χ1) is 8.85. The first-order valence-corrected chi connectivity index (χ1v) is 6.17. The van der Waals surface area contributed by atoms with Crippen molar-refractivity contribution in [2.24, 2.45) is 0 Å². The van der Waals surface area contributed by atoms with Crippen LogP contribution in [0.15, 0.2) is 48.5 Å². The Morgan fingerprint density at radius 3 is 2.11 bits per heavy atom. The van der Waals surface area contributed by atoms with Crippen molar-refractivity contribution >= 4 is 0 Å². The molecule has 2 aromatic carbocycles. The lowest BCUT2D eigenvalue weighted by molar-refractivity contribution is 0.283. The maximum absolute atomic E-state index is 5.83. The number of ether oxygens (including phenoxy) is 2. The van der Waals surface area contributed by atoms with Crippen LogP contribution in [-0.4, -0.2) is 7.11 Å². The lowest BCUT2D eigenvalue weighted by Crippen LogP contribution is -2.00. The summed E-state index contributed by atoms with van der Waals surface area (Å²) in [6.45, 7) is 2.73. The van der Waals surface area contributed by atoms with Gasteiger partial charge in [0.1, 0.15) is 6.61 Å². The summed E-state index contributed by atoms with van der Waals surface area (Å²) in [6, 6.07) is 16.1. The smallest absolute Gasteiger partial charge is 0.161 e. The third-order valence-corrected chi connectivity index (χ3v) is 2.95. The standard InChI is InChI=1S/C16H18O2/c1-3-13-8-4-5-9-14(13)12-18-16-11-7-6-10-15(16)17-2/h4-11H,3,12H2,1-2H3. The normalized spacial score (nSPS) is 10.1. The van der Waals surface area contributed by atoms with Crippen molar-refractivity contribution in [2.75, 3.05) is 7.11 Å². The molecule has 0 fully saturated rings. The quantitative estimate of drug-likeness (QED) is 0.793. The van der Waals surface area contributed by atoms with Gasteiger partial charge in [-0.25, -0.2) is 0 Å². The van der Waals surface area contributed by atoms with Crippen molar-refractivity contribution in [1.82, 2.24) is 0 Å². The molecule has 0 heterocycles. The largest absolute Gasteiger partial charge is 0.493 e. The van der Waals surface area contributed by atoms with E-state index in [-0.39, 0.29) is 0 Å². The summed E-state index contributed by atoms with van der Waals surface area (Å²) in [5.74, 6) is 1.55. The van der Waals surface area contributed by atoms with Gasteiger partial charge in [-0.1, -0.05) is 43.3 Å². The maximum atomic E-state index is 5.83. The topological polar surface area (TPSA) is 18.5 Å². The van der Waals surface area contributed by atoms with Gasteiger partial charge in [0.15, 0.2) is 11.5 Å². The first kappa shape index (κ1) is 12.5. The molecule has 2 heteroatoms. The van der Waals surface area contributed by atoms with Gasteiger partial charge in [0.2, 0.25) is 0 Å². The van der Waals surface area contributed by atoms with Crippen LogP contribution in [0.1, 0.15) is 18.1 Å². The van der Waals surface area contributed by atoms with Crippen LogP contribution in [0.5, 0.6) is 11.5 Å². The van der Waals surface area contributed by atoms with E-state index in [1.54, 1.807) is 7.11 Å². The van der Waals surface area contributed by atoms with Gasteiger partial charge in [-0.2, -0.15) is 0 Å². The monoisotopic (exact) mass is 242 g/mol. The van der Waals surface area contributed by atoms with Crippen LogP contribution in [-0.2, 0) is 13.0 Å². The van der Waals surface area contributed by atoms with Gasteiger partial charge in [-0.05, 0) is 29.7 Å². The molecule has 0 aliphatic heterocycles. The van der Waals surface area contributed by atoms with Gasteiger partial charge in [0, 0.05) is 0 Å². The van der Waals surface area contributed by atoms with E-state index in [2.05, 4.69) is 25.1 Å². The lowest BCUT2D eigenvalue weighted by atomic mass is 10.1. The van der Waals surface area contributed by atoms with E-state index >= 15 is 0 Å². The van der Waals surface area contributed by atoms with Crippen molar-refractivity contribution < 1.29 is 9.47 Å². The van der Waals surface area contributed by atoms with E-state index in [9.17, 15) is 0 Å². The molecular formula is C16H18O2. The van der Waals surface area contributed by atoms with Crippen LogP contribution in [0, 0.1) is 0 Å². The second kappa shape index (κ2) is 6.10. The summed E-state index contributed by atoms with van der Waals surface area (Å²) in [7, 11) is 1.65. The molecule has 2 nitrogen and oxygen atoms in total. The molecule has 0 aliphatic rings. The van der Waals surface area contributed by atoms with Crippen molar-refractivity contribution in [3.8, 4) is 11.5 Å². The third-order valence-electron chi connectivity index (χ3n) is 2.95. The fourth-order valence-corrected chi connectivity index (χ4v) is 1.94. The summed E-state index contributed by atoms with van der Waals surface area (Å²) in [4.78, 5) is 0. The summed E-state index contributed by atoms with van der Waals surface area (Å²) < 4.78 is 11.1. The Labute approximate surface area is 108 Å². The minimum atomic E-state index is 0.574. The summed E-state index contributed by atoms with van der Waals surface area (Å²) >= 11 is 0. The second-order valence-electron chi connectivity index (χ2n) is 4.06. The van der Waals surface area contributed by atoms with Gasteiger partial charge in [-0.3, -0.25) is 0 Å². The minimum Gasteiger partial charge on any atom is -0.493 e. The molecule has 0 spiro atoms. The Bertz CT molecular complexity index is 458. The molecule has 0 aliphatic carbocycles. The molecule has 0 saturated carbocycles. The van der Waals surface area contributed by atoms with Crippen molar-refractivity contribution in [1.29, 1.82) is 0 Å². The molecule has 18 heavy (non-hydrogen) atoms. The van der Waals surface area contributed by atoms with Gasteiger partial charge in [0.05, 0.1) is 7.11 Å². The van der Waals surface area contributed by atoms with E-state index in [1.165, 1.54) is 11.1 Å². The molecule has 0 unspecified atom stereocenters. The van der Waals surface area contributed by atoms with Crippen LogP contribution >= 0.6 is 0 Å². The van der Waals surface area contributed by atoms with Crippen LogP contribution in [0.3, 0.4) is 0 Å². The van der Waals surface area contributed by atoms with Gasteiger partial charge in [0.25, 0.3) is 0 Å². The van der Waals surface area contributed by atoms with Crippen LogP contribution in [0.4, 0.5) is 0 Å². The van der Waals surface area contributed by atoms with Crippen LogP contribution in [0.2, 0.25) is 0 Å². The van der Waals surface area contributed by atoms with Crippen LogP contribution in [0.25, 0.3) is 0 Å². The van der Waals surface area contributed by atoms with Crippen molar-refractivity contribution in [3.63, 3.8) is 0 Å². The summed E-state index contributed by atoms with van der Waals surface area (Å²) in [5, 5.41) is 0. The molecule has 2 rings (SSSR count). The number of benzene rings is 2. The Balaban J connectivity index is 2.11. The summed E-state index contributed by atoms with van der Waals surface area (Å²) in [5.41, 5.74) is 2.55. The molecule has 0 N–H and O–H groups in total. The zero-order chi connectivity index (χ0) is 12.8. The third kappa shape index (κ3) is 2.83. The molecule has 0 saturated heterocycles. The van der Waals surface area contributed by atoms with E-state index in [0.29, 0.717) is 6.61 Å². The Morgan fingerprint density at radius 2 is 1.44 bits per heavy atom. The zero-order valence-corrected chi connectivity index (χ0v) is 10.8. The highest BCUT2D eigenvalue weighted by Crippen LogP contribution is 2.27. The maximum Gasteiger partial charge on any atom is 0.161 e. The lowest BCUT2D eigenvalue weighted by Gasteiger charge is -2.12. The van der Waals surface area contributed by atoms with E-state index in [0.717, 1.165) is 17.9 Å². The fourth-order valence-electron chi connectivity index (χ4n) is 1.94. The Kier molecular flexibility index (Phi) is 4.24. The van der Waals surface area contributed by atoms with Gasteiger partial charge in [-0.15, -0.1) is 0 Å². The van der Waals surface area contributed by atoms with Gasteiger partial charge >= 0.3 is 0 Å². The SMILES string of the molecule is CCc1ccccc1COc1ccccc1OC. The number of hydrogen-bond donors (Lipinski definition) is 0. The second-order valence-corrected chi connectivity index (χ2v) is 4.06. The molecule has 94 valence electrons. The number of aryl methyl sites for hydroxylation is 1. The minimum absolute atomic E-state index is 0.574. The molecule has 2 aromatic rings.